The Hall–Kier alpha value is -2.11. The van der Waals surface area contributed by atoms with Gasteiger partial charge in [0.2, 0.25) is 0 Å². The first-order chi connectivity index (χ1) is 10.1. The van der Waals surface area contributed by atoms with Crippen molar-refractivity contribution in [3.63, 3.8) is 0 Å². The van der Waals surface area contributed by atoms with Crippen molar-refractivity contribution in [3.8, 4) is 0 Å². The minimum atomic E-state index is -0.0855. The lowest BCUT2D eigenvalue weighted by atomic mass is 10.1. The molecule has 1 heterocycles. The van der Waals surface area contributed by atoms with Gasteiger partial charge in [-0.15, -0.1) is 5.12 Å². The number of carbonyl (C=O) groups is 1. The molecule has 0 radical (unpaired) electrons. The van der Waals surface area contributed by atoms with E-state index in [0.29, 0.717) is 11.3 Å². The van der Waals surface area contributed by atoms with Crippen molar-refractivity contribution in [2.24, 2.45) is 0 Å². The van der Waals surface area contributed by atoms with Crippen LogP contribution in [0.4, 0.5) is 5.69 Å². The Morgan fingerprint density at radius 2 is 1.71 bits per heavy atom. The standard InChI is InChI=1S/C16H14BrN3O/c1-11-12-7-3-4-8-13(12)16(21)20(11)19(2)18-15-10-6-5-9-14(15)17/h3-10,18H,1H2,2H3. The quantitative estimate of drug-likeness (QED) is 0.862. The van der Waals surface area contributed by atoms with Gasteiger partial charge in [0.25, 0.3) is 5.91 Å². The van der Waals surface area contributed by atoms with Crippen LogP contribution in [-0.4, -0.2) is 23.1 Å². The molecule has 0 fully saturated rings. The highest BCUT2D eigenvalue weighted by Crippen LogP contribution is 2.32. The van der Waals surface area contributed by atoms with Crippen molar-refractivity contribution < 1.29 is 4.79 Å². The molecule has 1 aliphatic rings. The molecule has 0 bridgehead atoms. The third-order valence-corrected chi connectivity index (χ3v) is 4.06. The Morgan fingerprint density at radius 3 is 2.38 bits per heavy atom. The number of hydrogen-bond acceptors (Lipinski definition) is 3. The van der Waals surface area contributed by atoms with E-state index in [1.54, 1.807) is 12.2 Å². The molecule has 3 rings (SSSR count). The van der Waals surface area contributed by atoms with E-state index in [-0.39, 0.29) is 5.91 Å². The number of para-hydroxylation sites is 1. The van der Waals surface area contributed by atoms with Crippen LogP contribution in [0.15, 0.2) is 59.6 Å². The van der Waals surface area contributed by atoms with Gasteiger partial charge in [0, 0.05) is 17.1 Å². The maximum atomic E-state index is 12.5. The number of fused-ring (bicyclic) bond motifs is 1. The lowest BCUT2D eigenvalue weighted by molar-refractivity contribution is 0.0516. The summed E-state index contributed by atoms with van der Waals surface area (Å²) >= 11 is 3.48. The number of benzene rings is 2. The molecule has 0 spiro atoms. The summed E-state index contributed by atoms with van der Waals surface area (Å²) in [5.41, 5.74) is 6.25. The number of hydrogen-bond donors (Lipinski definition) is 1. The molecule has 5 heteroatoms. The summed E-state index contributed by atoms with van der Waals surface area (Å²) in [6, 6.07) is 15.2. The van der Waals surface area contributed by atoms with Crippen LogP contribution in [0.5, 0.6) is 0 Å². The first-order valence-electron chi connectivity index (χ1n) is 6.47. The van der Waals surface area contributed by atoms with Crippen LogP contribution in [0.1, 0.15) is 15.9 Å². The summed E-state index contributed by atoms with van der Waals surface area (Å²) in [4.78, 5) is 12.5. The average molecular weight is 344 g/mol. The molecule has 2 aromatic carbocycles. The number of nitrogens with one attached hydrogen (secondary N) is 1. The van der Waals surface area contributed by atoms with Gasteiger partial charge in [0.05, 0.1) is 16.9 Å². The molecule has 1 aliphatic heterocycles. The SMILES string of the molecule is C=C1c2ccccc2C(=O)N1N(C)Nc1ccccc1Br. The summed E-state index contributed by atoms with van der Waals surface area (Å²) in [7, 11) is 1.79. The van der Waals surface area contributed by atoms with E-state index < -0.39 is 0 Å². The Morgan fingerprint density at radius 1 is 1.10 bits per heavy atom. The van der Waals surface area contributed by atoms with Crippen LogP contribution in [0.2, 0.25) is 0 Å². The fourth-order valence-electron chi connectivity index (χ4n) is 2.37. The zero-order valence-electron chi connectivity index (χ0n) is 11.5. The van der Waals surface area contributed by atoms with Gasteiger partial charge in [-0.2, -0.15) is 0 Å². The normalized spacial score (nSPS) is 13.8. The molecule has 2 aromatic rings. The van der Waals surface area contributed by atoms with Crippen LogP contribution in [0, 0.1) is 0 Å². The third kappa shape index (κ3) is 2.34. The zero-order chi connectivity index (χ0) is 15.0. The smallest absolute Gasteiger partial charge is 0.274 e. The molecule has 0 unspecified atom stereocenters. The van der Waals surface area contributed by atoms with E-state index in [1.165, 1.54) is 5.01 Å². The van der Waals surface area contributed by atoms with Gasteiger partial charge in [-0.3, -0.25) is 4.79 Å². The van der Waals surface area contributed by atoms with Crippen molar-refractivity contribution in [1.82, 2.24) is 10.1 Å². The molecule has 0 aromatic heterocycles. The summed E-state index contributed by atoms with van der Waals surface area (Å²) in [6.45, 7) is 4.02. The Balaban J connectivity index is 1.87. The lowest BCUT2D eigenvalue weighted by Gasteiger charge is -2.29. The second-order valence-corrected chi connectivity index (χ2v) is 5.58. The molecular weight excluding hydrogens is 330 g/mol. The summed E-state index contributed by atoms with van der Waals surface area (Å²) in [5, 5.41) is 3.18. The largest absolute Gasteiger partial charge is 0.300 e. The number of carbonyl (C=O) groups excluding carboxylic acids is 1. The minimum Gasteiger partial charge on any atom is -0.300 e. The molecule has 1 amide bonds. The predicted molar refractivity (Wildman–Crippen MR) is 87.2 cm³/mol. The molecule has 0 atom stereocenters. The van der Waals surface area contributed by atoms with E-state index in [4.69, 9.17) is 0 Å². The predicted octanol–water partition coefficient (Wildman–Crippen LogP) is 3.75. The number of halogens is 1. The van der Waals surface area contributed by atoms with E-state index in [2.05, 4.69) is 27.9 Å². The fourth-order valence-corrected chi connectivity index (χ4v) is 2.74. The van der Waals surface area contributed by atoms with Gasteiger partial charge in [-0.05, 0) is 34.1 Å². The summed E-state index contributed by atoms with van der Waals surface area (Å²) in [5.74, 6) is -0.0855. The number of nitrogens with zero attached hydrogens (tertiary/aromatic N) is 2. The first-order valence-corrected chi connectivity index (χ1v) is 7.26. The third-order valence-electron chi connectivity index (χ3n) is 3.37. The number of amides is 1. The topological polar surface area (TPSA) is 35.6 Å². The molecule has 106 valence electrons. The molecule has 0 aliphatic carbocycles. The van der Waals surface area contributed by atoms with Crippen LogP contribution in [0.3, 0.4) is 0 Å². The number of anilines is 1. The lowest BCUT2D eigenvalue weighted by Crippen LogP contribution is -2.42. The van der Waals surface area contributed by atoms with Gasteiger partial charge in [0.1, 0.15) is 0 Å². The van der Waals surface area contributed by atoms with Crippen molar-refractivity contribution in [3.05, 3.63) is 70.7 Å². The molecule has 0 saturated heterocycles. The van der Waals surface area contributed by atoms with Crippen molar-refractivity contribution in [1.29, 1.82) is 0 Å². The second kappa shape index (κ2) is 5.35. The Bertz CT molecular complexity index is 694. The van der Waals surface area contributed by atoms with Gasteiger partial charge in [0.15, 0.2) is 0 Å². The van der Waals surface area contributed by atoms with E-state index in [9.17, 15) is 4.79 Å². The van der Waals surface area contributed by atoms with Crippen molar-refractivity contribution in [2.45, 2.75) is 0 Å². The average Bonchev–Trinajstić information content (AvgIpc) is 2.74. The zero-order valence-corrected chi connectivity index (χ0v) is 13.1. The number of rotatable bonds is 3. The van der Waals surface area contributed by atoms with Crippen molar-refractivity contribution in [2.75, 3.05) is 12.5 Å². The highest BCUT2D eigenvalue weighted by atomic mass is 79.9. The summed E-state index contributed by atoms with van der Waals surface area (Å²) < 4.78 is 0.923. The molecule has 0 saturated carbocycles. The van der Waals surface area contributed by atoms with Crippen LogP contribution in [0.25, 0.3) is 5.70 Å². The Kier molecular flexibility index (Phi) is 3.53. The van der Waals surface area contributed by atoms with Crippen LogP contribution >= 0.6 is 15.9 Å². The van der Waals surface area contributed by atoms with E-state index in [1.807, 2.05) is 48.5 Å². The number of hydrazine groups is 2. The van der Waals surface area contributed by atoms with Gasteiger partial charge in [-0.1, -0.05) is 36.9 Å². The maximum absolute atomic E-state index is 12.5. The highest BCUT2D eigenvalue weighted by Gasteiger charge is 2.33. The highest BCUT2D eigenvalue weighted by molar-refractivity contribution is 9.10. The first kappa shape index (κ1) is 13.9. The van der Waals surface area contributed by atoms with Gasteiger partial charge < -0.3 is 5.43 Å². The monoisotopic (exact) mass is 343 g/mol. The van der Waals surface area contributed by atoms with Gasteiger partial charge in [-0.25, -0.2) is 5.01 Å². The summed E-state index contributed by atoms with van der Waals surface area (Å²) in [6.07, 6.45) is 0. The molecular formula is C16H14BrN3O. The molecule has 1 N–H and O–H groups in total. The van der Waals surface area contributed by atoms with E-state index in [0.717, 1.165) is 15.7 Å². The second-order valence-electron chi connectivity index (χ2n) is 4.72. The Labute approximate surface area is 131 Å². The van der Waals surface area contributed by atoms with Crippen molar-refractivity contribution >= 4 is 33.2 Å². The van der Waals surface area contributed by atoms with Crippen LogP contribution in [-0.2, 0) is 0 Å². The maximum Gasteiger partial charge on any atom is 0.274 e. The van der Waals surface area contributed by atoms with Gasteiger partial charge >= 0.3 is 0 Å². The molecule has 21 heavy (non-hydrogen) atoms. The molecule has 4 nitrogen and oxygen atoms in total. The fraction of sp³-hybridized carbons (Fsp3) is 0.0625. The minimum absolute atomic E-state index is 0.0855. The van der Waals surface area contributed by atoms with E-state index >= 15 is 0 Å². The van der Waals surface area contributed by atoms with Crippen LogP contribution < -0.4 is 5.43 Å².